The van der Waals surface area contributed by atoms with Crippen LogP contribution in [0.1, 0.15) is 66.2 Å². The molecule has 114 valence electrons. The molecule has 1 aliphatic rings. The predicted molar refractivity (Wildman–Crippen MR) is 85.6 cm³/mol. The first-order valence-electron chi connectivity index (χ1n) is 8.55. The van der Waals surface area contributed by atoms with Crippen LogP contribution in [-0.4, -0.2) is 37.6 Å². The molecule has 0 aliphatic carbocycles. The molecule has 2 nitrogen and oxygen atoms in total. The molecule has 1 N–H and O–H groups in total. The Morgan fingerprint density at radius 3 is 2.05 bits per heavy atom. The molecule has 0 aromatic heterocycles. The SMILES string of the molecule is CCC(CC)(CNCC(C)C)CN1CCCCCC1. The van der Waals surface area contributed by atoms with Crippen molar-refractivity contribution < 1.29 is 0 Å². The van der Waals surface area contributed by atoms with E-state index < -0.39 is 0 Å². The van der Waals surface area contributed by atoms with E-state index in [1.165, 1.54) is 64.7 Å². The van der Waals surface area contributed by atoms with Gasteiger partial charge in [-0.1, -0.05) is 40.5 Å². The highest BCUT2D eigenvalue weighted by atomic mass is 15.1. The van der Waals surface area contributed by atoms with E-state index in [1.54, 1.807) is 0 Å². The molecule has 0 aromatic carbocycles. The molecule has 0 unspecified atom stereocenters. The summed E-state index contributed by atoms with van der Waals surface area (Å²) < 4.78 is 0. The number of rotatable bonds is 8. The largest absolute Gasteiger partial charge is 0.316 e. The second-order valence-corrected chi connectivity index (χ2v) is 6.92. The summed E-state index contributed by atoms with van der Waals surface area (Å²) in [5, 5.41) is 3.71. The molecule has 19 heavy (non-hydrogen) atoms. The van der Waals surface area contributed by atoms with Crippen LogP contribution in [-0.2, 0) is 0 Å². The highest BCUT2D eigenvalue weighted by Crippen LogP contribution is 2.28. The van der Waals surface area contributed by atoms with Crippen molar-refractivity contribution in [1.29, 1.82) is 0 Å². The quantitative estimate of drug-likeness (QED) is 0.718. The first kappa shape index (κ1) is 17.0. The van der Waals surface area contributed by atoms with E-state index in [9.17, 15) is 0 Å². The van der Waals surface area contributed by atoms with E-state index in [2.05, 4.69) is 37.9 Å². The van der Waals surface area contributed by atoms with Crippen LogP contribution in [0.5, 0.6) is 0 Å². The van der Waals surface area contributed by atoms with Crippen molar-refractivity contribution in [2.45, 2.75) is 66.2 Å². The van der Waals surface area contributed by atoms with Gasteiger partial charge in [-0.25, -0.2) is 0 Å². The molecule has 0 radical (unpaired) electrons. The van der Waals surface area contributed by atoms with Crippen molar-refractivity contribution in [2.75, 3.05) is 32.7 Å². The van der Waals surface area contributed by atoms with Crippen molar-refractivity contribution in [1.82, 2.24) is 10.2 Å². The van der Waals surface area contributed by atoms with E-state index in [0.29, 0.717) is 5.41 Å². The Hall–Kier alpha value is -0.0800. The van der Waals surface area contributed by atoms with E-state index in [0.717, 1.165) is 12.5 Å². The van der Waals surface area contributed by atoms with Gasteiger partial charge in [-0.3, -0.25) is 0 Å². The summed E-state index contributed by atoms with van der Waals surface area (Å²) in [7, 11) is 0. The van der Waals surface area contributed by atoms with Gasteiger partial charge in [0.05, 0.1) is 0 Å². The molecule has 0 amide bonds. The van der Waals surface area contributed by atoms with Crippen LogP contribution < -0.4 is 5.32 Å². The van der Waals surface area contributed by atoms with Gasteiger partial charge in [0, 0.05) is 13.1 Å². The summed E-state index contributed by atoms with van der Waals surface area (Å²) in [6.07, 6.45) is 8.28. The molecule has 0 bridgehead atoms. The summed E-state index contributed by atoms with van der Waals surface area (Å²) >= 11 is 0. The van der Waals surface area contributed by atoms with Gasteiger partial charge in [-0.15, -0.1) is 0 Å². The van der Waals surface area contributed by atoms with Gasteiger partial charge in [-0.05, 0) is 56.7 Å². The van der Waals surface area contributed by atoms with Crippen molar-refractivity contribution in [3.05, 3.63) is 0 Å². The van der Waals surface area contributed by atoms with Crippen LogP contribution in [0, 0.1) is 11.3 Å². The number of likely N-dealkylation sites (tertiary alicyclic amines) is 1. The highest BCUT2D eigenvalue weighted by molar-refractivity contribution is 4.83. The third-order valence-electron chi connectivity index (χ3n) is 4.81. The molecule has 1 heterocycles. The van der Waals surface area contributed by atoms with Crippen molar-refractivity contribution in [3.8, 4) is 0 Å². The average molecular weight is 268 g/mol. The van der Waals surface area contributed by atoms with Crippen molar-refractivity contribution in [2.24, 2.45) is 11.3 Å². The fraction of sp³-hybridized carbons (Fsp3) is 1.00. The van der Waals surface area contributed by atoms with E-state index in [-0.39, 0.29) is 0 Å². The van der Waals surface area contributed by atoms with Gasteiger partial charge in [0.15, 0.2) is 0 Å². The summed E-state index contributed by atoms with van der Waals surface area (Å²) in [5.74, 6) is 0.754. The number of hydrogen-bond donors (Lipinski definition) is 1. The van der Waals surface area contributed by atoms with Crippen molar-refractivity contribution >= 4 is 0 Å². The van der Waals surface area contributed by atoms with E-state index in [1.807, 2.05) is 0 Å². The molecule has 0 spiro atoms. The first-order chi connectivity index (χ1) is 9.12. The van der Waals surface area contributed by atoms with Gasteiger partial charge in [0.2, 0.25) is 0 Å². The molecule has 1 saturated heterocycles. The normalized spacial score (nSPS) is 18.8. The Labute approximate surface area is 121 Å². The molecular formula is C17H36N2. The summed E-state index contributed by atoms with van der Waals surface area (Å²) in [6, 6.07) is 0. The fourth-order valence-electron chi connectivity index (χ4n) is 3.17. The lowest BCUT2D eigenvalue weighted by molar-refractivity contribution is 0.136. The second-order valence-electron chi connectivity index (χ2n) is 6.92. The van der Waals surface area contributed by atoms with Crippen LogP contribution in [0.15, 0.2) is 0 Å². The third kappa shape index (κ3) is 6.27. The van der Waals surface area contributed by atoms with Gasteiger partial charge in [-0.2, -0.15) is 0 Å². The fourth-order valence-corrected chi connectivity index (χ4v) is 3.17. The monoisotopic (exact) mass is 268 g/mol. The average Bonchev–Trinajstić information content (AvgIpc) is 2.65. The van der Waals surface area contributed by atoms with Gasteiger partial charge in [0.1, 0.15) is 0 Å². The molecule has 1 aliphatic heterocycles. The lowest BCUT2D eigenvalue weighted by Crippen LogP contribution is -2.44. The zero-order valence-electron chi connectivity index (χ0n) is 13.8. The summed E-state index contributed by atoms with van der Waals surface area (Å²) in [5.41, 5.74) is 0.485. The third-order valence-corrected chi connectivity index (χ3v) is 4.81. The maximum absolute atomic E-state index is 3.71. The van der Waals surface area contributed by atoms with Gasteiger partial charge in [0.25, 0.3) is 0 Å². The van der Waals surface area contributed by atoms with Gasteiger partial charge < -0.3 is 10.2 Å². The minimum absolute atomic E-state index is 0.485. The zero-order chi connectivity index (χ0) is 14.1. The second kappa shape index (κ2) is 8.97. The van der Waals surface area contributed by atoms with E-state index in [4.69, 9.17) is 0 Å². The van der Waals surface area contributed by atoms with Crippen LogP contribution in [0.3, 0.4) is 0 Å². The molecule has 1 fully saturated rings. The molecule has 0 saturated carbocycles. The lowest BCUT2D eigenvalue weighted by atomic mass is 9.81. The van der Waals surface area contributed by atoms with E-state index >= 15 is 0 Å². The van der Waals surface area contributed by atoms with Crippen LogP contribution in [0.2, 0.25) is 0 Å². The number of nitrogens with one attached hydrogen (secondary N) is 1. The Morgan fingerprint density at radius 1 is 1.00 bits per heavy atom. The Kier molecular flexibility index (Phi) is 8.01. The Morgan fingerprint density at radius 2 is 1.58 bits per heavy atom. The summed E-state index contributed by atoms with van der Waals surface area (Å²) in [6.45, 7) is 15.6. The Balaban J connectivity index is 2.48. The minimum Gasteiger partial charge on any atom is -0.316 e. The highest BCUT2D eigenvalue weighted by Gasteiger charge is 2.28. The minimum atomic E-state index is 0.485. The predicted octanol–water partition coefficient (Wildman–Crippen LogP) is 3.91. The van der Waals surface area contributed by atoms with Crippen LogP contribution in [0.25, 0.3) is 0 Å². The number of nitrogens with zero attached hydrogens (tertiary/aromatic N) is 1. The van der Waals surface area contributed by atoms with Gasteiger partial charge >= 0.3 is 0 Å². The summed E-state index contributed by atoms with van der Waals surface area (Å²) in [4.78, 5) is 2.73. The standard InChI is InChI=1S/C17H36N2/c1-5-17(6-2,14-18-13-16(3)4)15-19-11-9-7-8-10-12-19/h16,18H,5-15H2,1-4H3. The van der Waals surface area contributed by atoms with Crippen molar-refractivity contribution in [3.63, 3.8) is 0 Å². The molecule has 2 heteroatoms. The maximum Gasteiger partial charge on any atom is 0.00499 e. The lowest BCUT2D eigenvalue weighted by Gasteiger charge is -2.37. The first-order valence-corrected chi connectivity index (χ1v) is 8.55. The van der Waals surface area contributed by atoms with Crippen LogP contribution >= 0.6 is 0 Å². The molecule has 0 atom stereocenters. The molecule has 0 aromatic rings. The Bertz CT molecular complexity index is 213. The maximum atomic E-state index is 3.71. The zero-order valence-corrected chi connectivity index (χ0v) is 13.8. The topological polar surface area (TPSA) is 15.3 Å². The molecular weight excluding hydrogens is 232 g/mol. The number of hydrogen-bond acceptors (Lipinski definition) is 2. The smallest absolute Gasteiger partial charge is 0.00499 e. The van der Waals surface area contributed by atoms with Crippen LogP contribution in [0.4, 0.5) is 0 Å². The molecule has 1 rings (SSSR count).